The molecular weight excluding hydrogens is 519 g/mol. The standard InChI is InChI=1S/C26H27FN2O8S/c1-26(2,3)36-15-14-25(30)28(23-13-12-21(29(31)32)17-24(23)35-4)37-38(33,34)22-7-5-6-19(16-22)18-8-10-20(27)11-9-18/h5-13,16-17H,14-15H2,1-4H3. The second-order valence-electron chi connectivity index (χ2n) is 9.08. The zero-order valence-corrected chi connectivity index (χ0v) is 22.0. The minimum absolute atomic E-state index is 0.0441. The highest BCUT2D eigenvalue weighted by Gasteiger charge is 2.30. The molecule has 0 saturated heterocycles. The Balaban J connectivity index is 1.99. The first-order valence-corrected chi connectivity index (χ1v) is 12.8. The molecule has 0 aliphatic carbocycles. The van der Waals surface area contributed by atoms with E-state index in [4.69, 9.17) is 13.8 Å². The molecule has 0 saturated carbocycles. The Morgan fingerprint density at radius 3 is 2.32 bits per heavy atom. The van der Waals surface area contributed by atoms with Crippen LogP contribution in [0, 0.1) is 15.9 Å². The first kappa shape index (κ1) is 28.7. The van der Waals surface area contributed by atoms with E-state index in [2.05, 4.69) is 0 Å². The van der Waals surface area contributed by atoms with Crippen molar-refractivity contribution in [2.75, 3.05) is 18.8 Å². The number of anilines is 1. The summed E-state index contributed by atoms with van der Waals surface area (Å²) in [6, 6.07) is 14.5. The maximum absolute atomic E-state index is 13.3. The molecule has 12 heteroatoms. The van der Waals surface area contributed by atoms with Crippen molar-refractivity contribution in [3.63, 3.8) is 0 Å². The monoisotopic (exact) mass is 546 g/mol. The van der Waals surface area contributed by atoms with Crippen molar-refractivity contribution in [2.45, 2.75) is 37.7 Å². The van der Waals surface area contributed by atoms with Crippen LogP contribution in [0.1, 0.15) is 27.2 Å². The molecule has 0 N–H and O–H groups in total. The number of halogens is 1. The summed E-state index contributed by atoms with van der Waals surface area (Å²) in [5.41, 5.74) is -0.00278. The van der Waals surface area contributed by atoms with Gasteiger partial charge in [0.25, 0.3) is 11.6 Å². The third-order valence-electron chi connectivity index (χ3n) is 5.14. The van der Waals surface area contributed by atoms with Crippen LogP contribution >= 0.6 is 0 Å². The summed E-state index contributed by atoms with van der Waals surface area (Å²) in [5, 5.41) is 11.7. The maximum atomic E-state index is 13.3. The van der Waals surface area contributed by atoms with Gasteiger partial charge in [-0.05, 0) is 62.2 Å². The lowest BCUT2D eigenvalue weighted by Gasteiger charge is -2.24. The van der Waals surface area contributed by atoms with Crippen LogP contribution in [0.4, 0.5) is 15.8 Å². The first-order chi connectivity index (χ1) is 17.8. The lowest BCUT2D eigenvalue weighted by atomic mass is 10.1. The van der Waals surface area contributed by atoms with E-state index in [0.717, 1.165) is 18.2 Å². The zero-order valence-electron chi connectivity index (χ0n) is 21.2. The van der Waals surface area contributed by atoms with Crippen molar-refractivity contribution in [2.24, 2.45) is 0 Å². The third-order valence-corrected chi connectivity index (χ3v) is 6.32. The SMILES string of the molecule is COc1cc([N+](=O)[O-])ccc1N(OS(=O)(=O)c1cccc(-c2ccc(F)cc2)c1)C(=O)CCOC(C)(C)C. The Kier molecular flexibility index (Phi) is 8.82. The van der Waals surface area contributed by atoms with E-state index in [1.165, 1.54) is 49.6 Å². The number of hydrogen-bond acceptors (Lipinski definition) is 8. The average molecular weight is 547 g/mol. The number of non-ortho nitro benzene ring substituents is 1. The number of carbonyl (C=O) groups excluding carboxylic acids is 1. The van der Waals surface area contributed by atoms with Gasteiger partial charge in [0.15, 0.2) is 5.75 Å². The summed E-state index contributed by atoms with van der Waals surface area (Å²) in [7, 11) is -3.38. The number of nitrogens with zero attached hydrogens (tertiary/aromatic N) is 2. The molecule has 0 spiro atoms. The van der Waals surface area contributed by atoms with E-state index < -0.39 is 32.4 Å². The normalized spacial score (nSPS) is 11.7. The molecule has 0 atom stereocenters. The number of carbonyl (C=O) groups is 1. The molecule has 3 aromatic rings. The van der Waals surface area contributed by atoms with Crippen molar-refractivity contribution < 1.29 is 36.3 Å². The molecule has 0 fully saturated rings. The van der Waals surface area contributed by atoms with E-state index in [0.29, 0.717) is 16.2 Å². The second-order valence-corrected chi connectivity index (χ2v) is 10.6. The highest BCUT2D eigenvalue weighted by molar-refractivity contribution is 7.86. The summed E-state index contributed by atoms with van der Waals surface area (Å²) in [6.07, 6.45) is -0.261. The van der Waals surface area contributed by atoms with E-state index in [1.54, 1.807) is 26.8 Å². The number of methoxy groups -OCH3 is 1. The lowest BCUT2D eigenvalue weighted by molar-refractivity contribution is -0.384. The van der Waals surface area contributed by atoms with Crippen molar-refractivity contribution >= 4 is 27.4 Å². The van der Waals surface area contributed by atoms with Crippen LogP contribution in [0.15, 0.2) is 71.6 Å². The van der Waals surface area contributed by atoms with Crippen molar-refractivity contribution in [3.05, 3.63) is 82.7 Å². The molecule has 38 heavy (non-hydrogen) atoms. The van der Waals surface area contributed by atoms with Gasteiger partial charge in [0.05, 0.1) is 41.6 Å². The second kappa shape index (κ2) is 11.7. The van der Waals surface area contributed by atoms with Gasteiger partial charge in [-0.3, -0.25) is 14.9 Å². The predicted octanol–water partition coefficient (Wildman–Crippen LogP) is 5.27. The molecule has 0 heterocycles. The Bertz CT molecular complexity index is 1420. The van der Waals surface area contributed by atoms with Crippen LogP contribution in [0.25, 0.3) is 11.1 Å². The highest BCUT2D eigenvalue weighted by Crippen LogP contribution is 2.34. The van der Waals surface area contributed by atoms with Gasteiger partial charge in [-0.1, -0.05) is 24.3 Å². The lowest BCUT2D eigenvalue weighted by Crippen LogP contribution is -2.35. The fourth-order valence-corrected chi connectivity index (χ4v) is 4.29. The van der Waals surface area contributed by atoms with Gasteiger partial charge < -0.3 is 9.47 Å². The topological polar surface area (TPSA) is 125 Å². The molecule has 0 radical (unpaired) electrons. The summed E-state index contributed by atoms with van der Waals surface area (Å²) in [6.45, 7) is 5.34. The summed E-state index contributed by atoms with van der Waals surface area (Å²) in [4.78, 5) is 23.5. The van der Waals surface area contributed by atoms with E-state index >= 15 is 0 Å². The molecular formula is C26H27FN2O8S. The van der Waals surface area contributed by atoms with Gasteiger partial charge in [-0.2, -0.15) is 13.5 Å². The van der Waals surface area contributed by atoms with Crippen LogP contribution in [0.2, 0.25) is 0 Å². The fourth-order valence-electron chi connectivity index (χ4n) is 3.32. The maximum Gasteiger partial charge on any atom is 0.318 e. The largest absolute Gasteiger partial charge is 0.494 e. The van der Waals surface area contributed by atoms with E-state index in [9.17, 15) is 27.7 Å². The molecule has 1 amide bonds. The number of nitro groups is 1. The number of nitro benzene ring substituents is 1. The molecule has 0 aliphatic heterocycles. The van der Waals surface area contributed by atoms with Crippen LogP contribution < -0.4 is 9.80 Å². The van der Waals surface area contributed by atoms with E-state index in [-0.39, 0.29) is 35.0 Å². The molecule has 0 aromatic heterocycles. The number of rotatable bonds is 10. The number of hydroxylamine groups is 1. The number of benzene rings is 3. The third kappa shape index (κ3) is 7.34. The van der Waals surface area contributed by atoms with Crippen molar-refractivity contribution in [3.8, 4) is 16.9 Å². The number of amides is 1. The first-order valence-electron chi connectivity index (χ1n) is 11.4. The molecule has 0 aliphatic rings. The molecule has 3 rings (SSSR count). The van der Waals surface area contributed by atoms with Gasteiger partial charge in [-0.25, -0.2) is 4.39 Å². The Hall–Kier alpha value is -3.87. The quantitative estimate of drug-likeness (QED) is 0.249. The summed E-state index contributed by atoms with van der Waals surface area (Å²) >= 11 is 0. The van der Waals surface area contributed by atoms with Gasteiger partial charge in [-0.15, -0.1) is 4.28 Å². The minimum atomic E-state index is -4.60. The van der Waals surface area contributed by atoms with Crippen molar-refractivity contribution in [1.82, 2.24) is 0 Å². The predicted molar refractivity (Wildman–Crippen MR) is 138 cm³/mol. The molecule has 202 valence electrons. The highest BCUT2D eigenvalue weighted by atomic mass is 32.2. The van der Waals surface area contributed by atoms with E-state index in [1.807, 2.05) is 0 Å². The fraction of sp³-hybridized carbons (Fsp3) is 0.269. The Morgan fingerprint density at radius 1 is 1.03 bits per heavy atom. The average Bonchev–Trinajstić information content (AvgIpc) is 2.86. The molecule has 10 nitrogen and oxygen atoms in total. The van der Waals surface area contributed by atoms with Crippen LogP contribution in [0.3, 0.4) is 0 Å². The number of ether oxygens (including phenoxy) is 2. The minimum Gasteiger partial charge on any atom is -0.494 e. The van der Waals surface area contributed by atoms with Gasteiger partial charge in [0, 0.05) is 6.07 Å². The van der Waals surface area contributed by atoms with Crippen LogP contribution in [0.5, 0.6) is 5.75 Å². The van der Waals surface area contributed by atoms with Crippen molar-refractivity contribution in [1.29, 1.82) is 0 Å². The van der Waals surface area contributed by atoms with Gasteiger partial charge >= 0.3 is 10.1 Å². The number of hydrogen-bond donors (Lipinski definition) is 0. The molecule has 0 bridgehead atoms. The summed E-state index contributed by atoms with van der Waals surface area (Å²) < 4.78 is 56.0. The van der Waals surface area contributed by atoms with Gasteiger partial charge in [0.2, 0.25) is 0 Å². The Morgan fingerprint density at radius 2 is 1.71 bits per heavy atom. The Labute approximate surface area is 219 Å². The smallest absolute Gasteiger partial charge is 0.318 e. The van der Waals surface area contributed by atoms with Gasteiger partial charge in [0.1, 0.15) is 11.5 Å². The zero-order chi connectivity index (χ0) is 28.1. The summed E-state index contributed by atoms with van der Waals surface area (Å²) in [5.74, 6) is -1.39. The van der Waals surface area contributed by atoms with Crippen LogP contribution in [-0.4, -0.2) is 38.6 Å². The van der Waals surface area contributed by atoms with Crippen LogP contribution in [-0.2, 0) is 23.9 Å². The molecule has 3 aromatic carbocycles. The molecule has 0 unspecified atom stereocenters.